The molecule has 0 spiro atoms. The number of hydrogen-bond acceptors (Lipinski definition) is 5. The Morgan fingerprint density at radius 3 is 2.03 bits per heavy atom. The number of nitrogens with one attached hydrogen (secondary N) is 3. The summed E-state index contributed by atoms with van der Waals surface area (Å²) in [5, 5.41) is 17.2. The SMILES string of the molecule is CC(C)[C@H](NC(=O)C1CCC(CNC(=O)[C@@H](C)NC(=O)OC(C)(C)C)CC1)C(=O)O. The average Bonchev–Trinajstić information content (AvgIpc) is 2.62. The molecule has 0 unspecified atom stereocenters. The van der Waals surface area contributed by atoms with Gasteiger partial charge in [-0.05, 0) is 65.2 Å². The molecule has 0 aromatic rings. The van der Waals surface area contributed by atoms with Crippen LogP contribution in [0, 0.1) is 17.8 Å². The Labute approximate surface area is 178 Å². The molecule has 0 radical (unpaired) electrons. The molecule has 1 rings (SSSR count). The number of alkyl carbamates (subject to hydrolysis) is 1. The van der Waals surface area contributed by atoms with E-state index in [0.717, 1.165) is 12.8 Å². The molecule has 0 saturated heterocycles. The predicted octanol–water partition coefficient (Wildman–Crippen LogP) is 2.05. The Bertz CT molecular complexity index is 621. The molecule has 4 N–H and O–H groups in total. The number of carbonyl (C=O) groups is 4. The fourth-order valence-corrected chi connectivity index (χ4v) is 3.36. The van der Waals surface area contributed by atoms with Gasteiger partial charge in [-0.1, -0.05) is 13.8 Å². The third-order valence-electron chi connectivity index (χ3n) is 5.14. The van der Waals surface area contributed by atoms with Crippen molar-refractivity contribution in [3.63, 3.8) is 0 Å². The number of carbonyl (C=O) groups excluding carboxylic acids is 3. The van der Waals surface area contributed by atoms with Crippen molar-refractivity contribution in [2.75, 3.05) is 6.54 Å². The fourth-order valence-electron chi connectivity index (χ4n) is 3.36. The van der Waals surface area contributed by atoms with E-state index in [9.17, 15) is 24.3 Å². The Morgan fingerprint density at radius 2 is 1.57 bits per heavy atom. The number of rotatable bonds is 8. The average molecular weight is 428 g/mol. The zero-order chi connectivity index (χ0) is 23.1. The lowest BCUT2D eigenvalue weighted by molar-refractivity contribution is -0.144. The molecule has 30 heavy (non-hydrogen) atoms. The second-order valence-corrected chi connectivity index (χ2v) is 9.40. The van der Waals surface area contributed by atoms with Gasteiger partial charge in [0.1, 0.15) is 17.7 Å². The van der Waals surface area contributed by atoms with Crippen molar-refractivity contribution >= 4 is 23.9 Å². The second-order valence-electron chi connectivity index (χ2n) is 9.40. The van der Waals surface area contributed by atoms with Crippen molar-refractivity contribution in [1.82, 2.24) is 16.0 Å². The first-order valence-corrected chi connectivity index (χ1v) is 10.6. The topological polar surface area (TPSA) is 134 Å². The molecule has 0 aromatic carbocycles. The molecule has 1 saturated carbocycles. The summed E-state index contributed by atoms with van der Waals surface area (Å²) in [6, 6.07) is -1.60. The standard InChI is InChI=1S/C21H37N3O6/c1-12(2)16(19(27)28)24-18(26)15-9-7-14(8-10-15)11-22-17(25)13(3)23-20(29)30-21(4,5)6/h12-16H,7-11H2,1-6H3,(H,22,25)(H,23,29)(H,24,26)(H,27,28)/t13-,14?,15?,16+/m1/s1. The highest BCUT2D eigenvalue weighted by Crippen LogP contribution is 2.28. The molecular formula is C21H37N3O6. The van der Waals surface area contributed by atoms with Crippen LogP contribution in [0.1, 0.15) is 67.2 Å². The first kappa shape index (κ1) is 25.7. The van der Waals surface area contributed by atoms with E-state index in [4.69, 9.17) is 4.74 Å². The minimum Gasteiger partial charge on any atom is -0.480 e. The van der Waals surface area contributed by atoms with Gasteiger partial charge in [0, 0.05) is 12.5 Å². The highest BCUT2D eigenvalue weighted by atomic mass is 16.6. The zero-order valence-electron chi connectivity index (χ0n) is 18.9. The molecule has 172 valence electrons. The van der Waals surface area contributed by atoms with Crippen LogP contribution in [0.5, 0.6) is 0 Å². The van der Waals surface area contributed by atoms with Crippen LogP contribution in [0.25, 0.3) is 0 Å². The van der Waals surface area contributed by atoms with Crippen LogP contribution in [-0.4, -0.2) is 53.2 Å². The summed E-state index contributed by atoms with van der Waals surface area (Å²) >= 11 is 0. The molecule has 9 heteroatoms. The molecule has 2 atom stereocenters. The normalized spacial score (nSPS) is 21.3. The summed E-state index contributed by atoms with van der Waals surface area (Å²) in [6.45, 7) is 10.8. The molecule has 0 aromatic heterocycles. The van der Waals surface area contributed by atoms with E-state index in [1.54, 1.807) is 41.5 Å². The van der Waals surface area contributed by atoms with Crippen LogP contribution in [0.2, 0.25) is 0 Å². The van der Waals surface area contributed by atoms with E-state index < -0.39 is 29.7 Å². The quantitative estimate of drug-likeness (QED) is 0.468. The molecule has 0 heterocycles. The summed E-state index contributed by atoms with van der Waals surface area (Å²) < 4.78 is 5.14. The predicted molar refractivity (Wildman–Crippen MR) is 112 cm³/mol. The summed E-state index contributed by atoms with van der Waals surface area (Å²) in [7, 11) is 0. The van der Waals surface area contributed by atoms with E-state index in [1.165, 1.54) is 0 Å². The van der Waals surface area contributed by atoms with E-state index in [2.05, 4.69) is 16.0 Å². The van der Waals surface area contributed by atoms with Crippen LogP contribution in [0.4, 0.5) is 4.79 Å². The molecule has 0 bridgehead atoms. The Hall–Kier alpha value is -2.32. The number of ether oxygens (including phenoxy) is 1. The van der Waals surface area contributed by atoms with Gasteiger partial charge in [0.25, 0.3) is 0 Å². The van der Waals surface area contributed by atoms with Crippen molar-refractivity contribution in [3.05, 3.63) is 0 Å². The highest BCUT2D eigenvalue weighted by Gasteiger charge is 2.31. The lowest BCUT2D eigenvalue weighted by atomic mass is 9.81. The maximum Gasteiger partial charge on any atom is 0.408 e. The Morgan fingerprint density at radius 1 is 1.00 bits per heavy atom. The molecule has 1 aliphatic rings. The maximum absolute atomic E-state index is 12.4. The monoisotopic (exact) mass is 427 g/mol. The number of carboxylic acid groups (broad SMARTS) is 1. The molecule has 1 fully saturated rings. The van der Waals surface area contributed by atoms with Crippen LogP contribution in [0.3, 0.4) is 0 Å². The van der Waals surface area contributed by atoms with Gasteiger partial charge in [-0.15, -0.1) is 0 Å². The summed E-state index contributed by atoms with van der Waals surface area (Å²) in [4.78, 5) is 47.6. The fraction of sp³-hybridized carbons (Fsp3) is 0.810. The number of amides is 3. The number of aliphatic carboxylic acids is 1. The van der Waals surface area contributed by atoms with Gasteiger partial charge in [-0.2, -0.15) is 0 Å². The summed E-state index contributed by atoms with van der Waals surface area (Å²) in [5.41, 5.74) is -0.634. The van der Waals surface area contributed by atoms with Crippen molar-refractivity contribution in [1.29, 1.82) is 0 Å². The molecule has 1 aliphatic carbocycles. The zero-order valence-corrected chi connectivity index (χ0v) is 18.9. The minimum atomic E-state index is -1.02. The van der Waals surface area contributed by atoms with Gasteiger partial charge in [0.15, 0.2) is 0 Å². The maximum atomic E-state index is 12.4. The summed E-state index contributed by atoms with van der Waals surface area (Å²) in [6.07, 6.45) is 2.21. The Balaban J connectivity index is 2.37. The lowest BCUT2D eigenvalue weighted by Gasteiger charge is -2.29. The minimum absolute atomic E-state index is 0.186. The van der Waals surface area contributed by atoms with E-state index in [0.29, 0.717) is 19.4 Å². The first-order chi connectivity index (χ1) is 13.8. The van der Waals surface area contributed by atoms with Gasteiger partial charge in [-0.25, -0.2) is 9.59 Å². The van der Waals surface area contributed by atoms with Crippen LogP contribution in [0.15, 0.2) is 0 Å². The molecule has 0 aliphatic heterocycles. The van der Waals surface area contributed by atoms with Gasteiger partial charge in [0.2, 0.25) is 11.8 Å². The van der Waals surface area contributed by atoms with Crippen molar-refractivity contribution in [2.24, 2.45) is 17.8 Å². The van der Waals surface area contributed by atoms with Gasteiger partial charge >= 0.3 is 12.1 Å². The van der Waals surface area contributed by atoms with Crippen LogP contribution >= 0.6 is 0 Å². The van der Waals surface area contributed by atoms with Crippen LogP contribution in [-0.2, 0) is 19.1 Å². The third kappa shape index (κ3) is 9.00. The Kier molecular flexibility index (Phi) is 9.58. The van der Waals surface area contributed by atoms with Gasteiger partial charge in [0.05, 0.1) is 0 Å². The first-order valence-electron chi connectivity index (χ1n) is 10.6. The molecule has 3 amide bonds. The van der Waals surface area contributed by atoms with E-state index >= 15 is 0 Å². The summed E-state index contributed by atoms with van der Waals surface area (Å²) in [5.74, 6) is -1.67. The lowest BCUT2D eigenvalue weighted by Crippen LogP contribution is -2.48. The van der Waals surface area contributed by atoms with Crippen molar-refractivity contribution in [2.45, 2.75) is 84.9 Å². The molecule has 9 nitrogen and oxygen atoms in total. The van der Waals surface area contributed by atoms with Gasteiger partial charge < -0.3 is 25.8 Å². The van der Waals surface area contributed by atoms with E-state index in [-0.39, 0.29) is 29.6 Å². The second kappa shape index (κ2) is 11.2. The van der Waals surface area contributed by atoms with E-state index in [1.807, 2.05) is 0 Å². The number of hydrogen-bond donors (Lipinski definition) is 4. The molecular weight excluding hydrogens is 390 g/mol. The number of carboxylic acids is 1. The highest BCUT2D eigenvalue weighted by molar-refractivity contribution is 5.86. The van der Waals surface area contributed by atoms with Crippen molar-refractivity contribution in [3.8, 4) is 0 Å². The van der Waals surface area contributed by atoms with Crippen LogP contribution < -0.4 is 16.0 Å². The van der Waals surface area contributed by atoms with Crippen molar-refractivity contribution < 1.29 is 29.0 Å². The largest absolute Gasteiger partial charge is 0.480 e. The smallest absolute Gasteiger partial charge is 0.408 e. The van der Waals surface area contributed by atoms with Gasteiger partial charge in [-0.3, -0.25) is 9.59 Å². The third-order valence-corrected chi connectivity index (χ3v) is 5.14.